The molecule has 9 heteroatoms. The van der Waals surface area contributed by atoms with Gasteiger partial charge in [0.15, 0.2) is 0 Å². The maximum absolute atomic E-state index is 13.1. The van der Waals surface area contributed by atoms with Crippen LogP contribution in [-0.2, 0) is 20.4 Å². The highest BCUT2D eigenvalue weighted by Gasteiger charge is 2.49. The molecule has 3 amide bonds. The van der Waals surface area contributed by atoms with Crippen molar-refractivity contribution in [1.29, 1.82) is 0 Å². The van der Waals surface area contributed by atoms with Crippen molar-refractivity contribution in [1.82, 2.24) is 19.4 Å². The third-order valence-electron chi connectivity index (χ3n) is 5.96. The van der Waals surface area contributed by atoms with Crippen molar-refractivity contribution in [3.63, 3.8) is 0 Å². The molecule has 2 aromatic carbocycles. The molecule has 0 unspecified atom stereocenters. The summed E-state index contributed by atoms with van der Waals surface area (Å²) in [6.07, 6.45) is 0. The molecule has 2 aromatic rings. The van der Waals surface area contributed by atoms with Crippen LogP contribution in [0, 0.1) is 6.92 Å². The first-order chi connectivity index (χ1) is 14.7. The van der Waals surface area contributed by atoms with Crippen molar-refractivity contribution in [2.45, 2.75) is 24.3 Å². The highest BCUT2D eigenvalue weighted by Crippen LogP contribution is 2.29. The Morgan fingerprint density at radius 3 is 2.16 bits per heavy atom. The molecule has 0 aromatic heterocycles. The number of carbonyl (C=O) groups excluding carboxylic acids is 2. The van der Waals surface area contributed by atoms with E-state index in [0.717, 1.165) is 11.1 Å². The number of benzene rings is 2. The van der Waals surface area contributed by atoms with Gasteiger partial charge in [0.05, 0.1) is 11.6 Å². The van der Waals surface area contributed by atoms with E-state index in [1.165, 1.54) is 9.21 Å². The smallest absolute Gasteiger partial charge is 0.319 e. The predicted molar refractivity (Wildman–Crippen MR) is 116 cm³/mol. The van der Waals surface area contributed by atoms with E-state index in [1.807, 2.05) is 42.2 Å². The van der Waals surface area contributed by atoms with Gasteiger partial charge in [0.2, 0.25) is 10.0 Å². The van der Waals surface area contributed by atoms with Crippen LogP contribution < -0.4 is 5.32 Å². The molecule has 2 fully saturated rings. The van der Waals surface area contributed by atoms with Gasteiger partial charge in [-0.25, -0.2) is 18.1 Å². The van der Waals surface area contributed by atoms with E-state index in [2.05, 4.69) is 5.32 Å². The molecule has 2 aliphatic heterocycles. The first-order valence-corrected chi connectivity index (χ1v) is 11.6. The number of hydrogen-bond acceptors (Lipinski definition) is 5. The van der Waals surface area contributed by atoms with Gasteiger partial charge in [-0.3, -0.25) is 9.69 Å². The monoisotopic (exact) mass is 442 g/mol. The van der Waals surface area contributed by atoms with Crippen LogP contribution in [0.4, 0.5) is 4.79 Å². The molecule has 164 valence electrons. The molecule has 2 aliphatic rings. The SMILES string of the molecule is Cc1ccc(S(=O)(=O)N2CCN(CN3C(=O)N[C@@](C)(c4ccccc4)C3=O)CC2)cc1. The van der Waals surface area contributed by atoms with Crippen molar-refractivity contribution in [2.24, 2.45) is 0 Å². The second kappa shape index (κ2) is 8.07. The van der Waals surface area contributed by atoms with Crippen LogP contribution in [0.5, 0.6) is 0 Å². The van der Waals surface area contributed by atoms with Gasteiger partial charge < -0.3 is 5.32 Å². The molecule has 8 nitrogen and oxygen atoms in total. The number of nitrogens with one attached hydrogen (secondary N) is 1. The van der Waals surface area contributed by atoms with Gasteiger partial charge in [-0.05, 0) is 31.5 Å². The van der Waals surface area contributed by atoms with E-state index in [4.69, 9.17) is 0 Å². The topological polar surface area (TPSA) is 90.0 Å². The van der Waals surface area contributed by atoms with Crippen molar-refractivity contribution < 1.29 is 18.0 Å². The number of piperazine rings is 1. The summed E-state index contributed by atoms with van der Waals surface area (Å²) in [5.74, 6) is -0.307. The van der Waals surface area contributed by atoms with Crippen LogP contribution in [-0.4, -0.2) is 67.3 Å². The number of urea groups is 1. The van der Waals surface area contributed by atoms with Crippen molar-refractivity contribution in [3.8, 4) is 0 Å². The van der Waals surface area contributed by atoms with E-state index >= 15 is 0 Å². The Bertz CT molecular complexity index is 1080. The van der Waals surface area contributed by atoms with Crippen LogP contribution >= 0.6 is 0 Å². The van der Waals surface area contributed by atoms with E-state index in [9.17, 15) is 18.0 Å². The molecule has 0 aliphatic carbocycles. The summed E-state index contributed by atoms with van der Waals surface area (Å²) in [4.78, 5) is 29.0. The minimum atomic E-state index is -3.56. The molecule has 1 atom stereocenters. The molecule has 2 saturated heterocycles. The Morgan fingerprint density at radius 1 is 0.935 bits per heavy atom. The third kappa shape index (κ3) is 3.96. The average Bonchev–Trinajstić information content (AvgIpc) is 2.99. The molecule has 1 N–H and O–H groups in total. The highest BCUT2D eigenvalue weighted by molar-refractivity contribution is 7.89. The van der Waals surface area contributed by atoms with Crippen LogP contribution in [0.2, 0.25) is 0 Å². The Hall–Kier alpha value is -2.75. The zero-order chi connectivity index (χ0) is 22.2. The minimum absolute atomic E-state index is 0.130. The van der Waals surface area contributed by atoms with Gasteiger partial charge in [-0.2, -0.15) is 4.31 Å². The van der Waals surface area contributed by atoms with Crippen LogP contribution in [0.1, 0.15) is 18.1 Å². The molecule has 0 bridgehead atoms. The maximum Gasteiger partial charge on any atom is 0.326 e. The second-order valence-corrected chi connectivity index (χ2v) is 10.1. The lowest BCUT2D eigenvalue weighted by Gasteiger charge is -2.35. The molecular formula is C22H26N4O4S. The normalized spacial score (nSPS) is 23.2. The average molecular weight is 443 g/mol. The quantitative estimate of drug-likeness (QED) is 0.713. The minimum Gasteiger partial charge on any atom is -0.319 e. The number of nitrogens with zero attached hydrogens (tertiary/aromatic N) is 3. The summed E-state index contributed by atoms with van der Waals surface area (Å²) in [7, 11) is -3.56. The lowest BCUT2D eigenvalue weighted by molar-refractivity contribution is -0.132. The number of carbonyl (C=O) groups is 2. The van der Waals surface area contributed by atoms with E-state index in [1.54, 1.807) is 31.2 Å². The van der Waals surface area contributed by atoms with Crippen LogP contribution in [0.15, 0.2) is 59.5 Å². The molecule has 0 spiro atoms. The number of hydrogen-bond donors (Lipinski definition) is 1. The van der Waals surface area contributed by atoms with Crippen molar-refractivity contribution in [2.75, 3.05) is 32.8 Å². The van der Waals surface area contributed by atoms with E-state index in [-0.39, 0.29) is 17.5 Å². The lowest BCUT2D eigenvalue weighted by atomic mass is 9.92. The lowest BCUT2D eigenvalue weighted by Crippen LogP contribution is -2.52. The first-order valence-electron chi connectivity index (χ1n) is 10.2. The molecule has 0 saturated carbocycles. The fraction of sp³-hybridized carbons (Fsp3) is 0.364. The number of rotatable bonds is 5. The number of sulfonamides is 1. The van der Waals surface area contributed by atoms with Crippen LogP contribution in [0.25, 0.3) is 0 Å². The first kappa shape index (κ1) is 21.5. The Kier molecular flexibility index (Phi) is 5.59. The zero-order valence-electron chi connectivity index (χ0n) is 17.6. The van der Waals surface area contributed by atoms with Gasteiger partial charge in [0.1, 0.15) is 5.54 Å². The second-order valence-electron chi connectivity index (χ2n) is 8.13. The highest BCUT2D eigenvalue weighted by atomic mass is 32.2. The fourth-order valence-corrected chi connectivity index (χ4v) is 5.39. The van der Waals surface area contributed by atoms with Crippen LogP contribution in [0.3, 0.4) is 0 Å². The van der Waals surface area contributed by atoms with Crippen molar-refractivity contribution >= 4 is 22.0 Å². The summed E-state index contributed by atoms with van der Waals surface area (Å²) < 4.78 is 27.2. The Balaban J connectivity index is 1.40. The molecular weight excluding hydrogens is 416 g/mol. The summed E-state index contributed by atoms with van der Waals surface area (Å²) in [5, 5.41) is 2.80. The zero-order valence-corrected chi connectivity index (χ0v) is 18.4. The number of amides is 3. The summed E-state index contributed by atoms with van der Waals surface area (Å²) >= 11 is 0. The fourth-order valence-electron chi connectivity index (χ4n) is 3.96. The molecule has 0 radical (unpaired) electrons. The summed E-state index contributed by atoms with van der Waals surface area (Å²) in [6, 6.07) is 15.5. The van der Waals surface area contributed by atoms with Gasteiger partial charge in [0.25, 0.3) is 5.91 Å². The largest absolute Gasteiger partial charge is 0.326 e. The molecule has 31 heavy (non-hydrogen) atoms. The molecule has 4 rings (SSSR count). The van der Waals surface area contributed by atoms with Gasteiger partial charge in [-0.1, -0.05) is 48.0 Å². The summed E-state index contributed by atoms with van der Waals surface area (Å²) in [5.41, 5.74) is 0.624. The Morgan fingerprint density at radius 2 is 1.55 bits per heavy atom. The van der Waals surface area contributed by atoms with Gasteiger partial charge in [-0.15, -0.1) is 0 Å². The Labute approximate surface area is 182 Å². The van der Waals surface area contributed by atoms with Gasteiger partial charge >= 0.3 is 6.03 Å². The maximum atomic E-state index is 13.1. The number of aryl methyl sites for hydroxylation is 1. The molecule has 2 heterocycles. The number of imide groups is 1. The van der Waals surface area contributed by atoms with Crippen molar-refractivity contribution in [3.05, 3.63) is 65.7 Å². The third-order valence-corrected chi connectivity index (χ3v) is 7.87. The van der Waals surface area contributed by atoms with Gasteiger partial charge in [0, 0.05) is 26.2 Å². The standard InChI is InChI=1S/C22H26N4O4S/c1-17-8-10-19(11-9-17)31(29,30)25-14-12-24(13-15-25)16-26-20(27)22(2,23-21(26)28)18-6-4-3-5-7-18/h3-11H,12-16H2,1-2H3,(H,23,28)/t22-/m0/s1. The van der Waals surface area contributed by atoms with E-state index < -0.39 is 21.6 Å². The van der Waals surface area contributed by atoms with E-state index in [0.29, 0.717) is 26.2 Å². The predicted octanol–water partition coefficient (Wildman–Crippen LogP) is 1.73. The summed E-state index contributed by atoms with van der Waals surface area (Å²) in [6.45, 7) is 5.22.